The molecule has 0 saturated carbocycles. The van der Waals surface area contributed by atoms with Crippen LogP contribution in [0, 0.1) is 0 Å². The van der Waals surface area contributed by atoms with Crippen LogP contribution in [0.15, 0.2) is 27.6 Å². The largest absolute Gasteiger partial charge is 0.388 e. The predicted octanol–water partition coefficient (Wildman–Crippen LogP) is 1.09. The van der Waals surface area contributed by atoms with Crippen molar-refractivity contribution in [3.63, 3.8) is 0 Å². The quantitative estimate of drug-likeness (QED) is 0.897. The van der Waals surface area contributed by atoms with Gasteiger partial charge in [-0.05, 0) is 22.0 Å². The van der Waals surface area contributed by atoms with Gasteiger partial charge in [-0.15, -0.1) is 5.10 Å². The molecular weight excluding hydrogens is 280 g/mol. The van der Waals surface area contributed by atoms with Crippen LogP contribution < -0.4 is 11.3 Å². The Hall–Kier alpha value is -1.21. The number of anilines is 1. The molecule has 78 valence electrons. The van der Waals surface area contributed by atoms with Crippen LogP contribution in [0.25, 0.3) is 0 Å². The zero-order valence-electron chi connectivity index (χ0n) is 7.55. The molecule has 0 fully saturated rings. The van der Waals surface area contributed by atoms with E-state index in [-0.39, 0.29) is 5.56 Å². The van der Waals surface area contributed by atoms with E-state index in [2.05, 4.69) is 25.5 Å². The monoisotopic (exact) mass is 286 g/mol. The number of nitrogens with zero attached hydrogens (tertiary/aromatic N) is 3. The van der Waals surface area contributed by atoms with Crippen molar-refractivity contribution >= 4 is 32.5 Å². The van der Waals surface area contributed by atoms with Gasteiger partial charge in [-0.1, -0.05) is 4.49 Å². The number of hydrogen-bond acceptors (Lipinski definition) is 5. The molecule has 15 heavy (non-hydrogen) atoms. The van der Waals surface area contributed by atoms with Crippen molar-refractivity contribution in [2.24, 2.45) is 0 Å². The summed E-state index contributed by atoms with van der Waals surface area (Å²) in [5, 5.41) is 4.39. The molecule has 0 radical (unpaired) electrons. The number of aromatic nitrogens is 3. The third kappa shape index (κ3) is 2.24. The smallest absolute Gasteiger partial charge is 0.250 e. The molecule has 0 spiro atoms. The summed E-state index contributed by atoms with van der Waals surface area (Å²) in [7, 11) is 0. The van der Waals surface area contributed by atoms with Crippen molar-refractivity contribution < 1.29 is 0 Å². The van der Waals surface area contributed by atoms with Crippen molar-refractivity contribution in [2.75, 3.05) is 5.73 Å². The minimum atomic E-state index is -0.0920. The predicted molar refractivity (Wildman–Crippen MR) is 61.8 cm³/mol. The zero-order valence-corrected chi connectivity index (χ0v) is 9.96. The number of nitrogens with two attached hydrogens (primary N) is 1. The summed E-state index contributed by atoms with van der Waals surface area (Å²) in [4.78, 5) is 11.5. The van der Waals surface area contributed by atoms with E-state index in [0.717, 1.165) is 16.0 Å². The zero-order chi connectivity index (χ0) is 10.8. The van der Waals surface area contributed by atoms with Crippen LogP contribution >= 0.6 is 27.5 Å². The van der Waals surface area contributed by atoms with Gasteiger partial charge in [-0.3, -0.25) is 4.79 Å². The molecule has 2 aromatic heterocycles. The molecule has 2 N–H and O–H groups in total. The number of pyridine rings is 1. The molecule has 0 bridgehead atoms. The molecule has 0 aromatic carbocycles. The van der Waals surface area contributed by atoms with Crippen LogP contribution in [0.3, 0.4) is 0 Å². The van der Waals surface area contributed by atoms with E-state index in [0.29, 0.717) is 17.2 Å². The summed E-state index contributed by atoms with van der Waals surface area (Å²) in [6, 6.07) is 3.18. The molecule has 0 amide bonds. The van der Waals surface area contributed by atoms with Gasteiger partial charge in [-0.2, -0.15) is 0 Å². The standard InChI is InChI=1S/C8H7BrN4OS/c9-5-1-2-7(14)13(3-5)4-6-8(10)15-12-11-6/h1-3H,4,10H2. The highest BCUT2D eigenvalue weighted by Gasteiger charge is 2.06. The first-order valence-corrected chi connectivity index (χ1v) is 5.66. The Balaban J connectivity index is 2.36. The average molecular weight is 287 g/mol. The van der Waals surface area contributed by atoms with Gasteiger partial charge in [0.05, 0.1) is 6.54 Å². The van der Waals surface area contributed by atoms with Gasteiger partial charge < -0.3 is 10.3 Å². The van der Waals surface area contributed by atoms with E-state index in [4.69, 9.17) is 5.73 Å². The first kappa shape index (κ1) is 10.3. The molecule has 7 heteroatoms. The highest BCUT2D eigenvalue weighted by atomic mass is 79.9. The van der Waals surface area contributed by atoms with E-state index in [9.17, 15) is 4.79 Å². The summed E-state index contributed by atoms with van der Waals surface area (Å²) in [6.07, 6.45) is 1.70. The Morgan fingerprint density at radius 1 is 1.53 bits per heavy atom. The first-order valence-electron chi connectivity index (χ1n) is 4.09. The van der Waals surface area contributed by atoms with E-state index in [1.807, 2.05) is 0 Å². The Morgan fingerprint density at radius 2 is 2.33 bits per heavy atom. The van der Waals surface area contributed by atoms with Crippen LogP contribution in [0.4, 0.5) is 5.00 Å². The highest BCUT2D eigenvalue weighted by Crippen LogP contribution is 2.13. The fraction of sp³-hybridized carbons (Fsp3) is 0.125. The maximum Gasteiger partial charge on any atom is 0.250 e. The SMILES string of the molecule is Nc1snnc1Cn1cc(Br)ccc1=O. The molecular formula is C8H7BrN4OS. The lowest BCUT2D eigenvalue weighted by Gasteiger charge is -2.03. The minimum Gasteiger partial charge on any atom is -0.388 e. The topological polar surface area (TPSA) is 73.8 Å². The fourth-order valence-electron chi connectivity index (χ4n) is 1.11. The summed E-state index contributed by atoms with van der Waals surface area (Å²) in [5.41, 5.74) is 6.18. The number of rotatable bonds is 2. The van der Waals surface area contributed by atoms with Crippen LogP contribution in [0.5, 0.6) is 0 Å². The summed E-state index contributed by atoms with van der Waals surface area (Å²) < 4.78 is 6.07. The van der Waals surface area contributed by atoms with Gasteiger partial charge in [0.2, 0.25) is 0 Å². The van der Waals surface area contributed by atoms with E-state index < -0.39 is 0 Å². The average Bonchev–Trinajstić information content (AvgIpc) is 2.58. The normalized spacial score (nSPS) is 10.5. The molecule has 2 aromatic rings. The number of nitrogen functional groups attached to an aromatic ring is 1. The van der Waals surface area contributed by atoms with Gasteiger partial charge in [0.25, 0.3) is 5.56 Å². The minimum absolute atomic E-state index is 0.0920. The second-order valence-electron chi connectivity index (χ2n) is 2.90. The van der Waals surface area contributed by atoms with Gasteiger partial charge in [0.15, 0.2) is 0 Å². The van der Waals surface area contributed by atoms with Crippen LogP contribution in [-0.2, 0) is 6.54 Å². The molecule has 0 atom stereocenters. The summed E-state index contributed by atoms with van der Waals surface area (Å²) >= 11 is 4.42. The van der Waals surface area contributed by atoms with Crippen LogP contribution in [-0.4, -0.2) is 14.2 Å². The fourth-order valence-corrected chi connectivity index (χ4v) is 1.93. The van der Waals surface area contributed by atoms with Crippen LogP contribution in [0.2, 0.25) is 0 Å². The van der Waals surface area contributed by atoms with Crippen molar-refractivity contribution in [1.29, 1.82) is 0 Å². The number of hydrogen-bond donors (Lipinski definition) is 1. The molecule has 5 nitrogen and oxygen atoms in total. The summed E-state index contributed by atoms with van der Waals surface area (Å²) in [6.45, 7) is 0.348. The van der Waals surface area contributed by atoms with E-state index >= 15 is 0 Å². The Bertz CT molecular complexity index is 535. The van der Waals surface area contributed by atoms with Gasteiger partial charge in [0.1, 0.15) is 10.7 Å². The molecule has 0 aliphatic carbocycles. The highest BCUT2D eigenvalue weighted by molar-refractivity contribution is 9.10. The molecule has 0 unspecified atom stereocenters. The van der Waals surface area contributed by atoms with Gasteiger partial charge in [-0.25, -0.2) is 0 Å². The molecule has 0 aliphatic rings. The number of halogens is 1. The molecule has 2 rings (SSSR count). The van der Waals surface area contributed by atoms with E-state index in [1.165, 1.54) is 10.6 Å². The second-order valence-corrected chi connectivity index (χ2v) is 4.60. The molecule has 2 heterocycles. The maximum absolute atomic E-state index is 11.5. The van der Waals surface area contributed by atoms with Crippen molar-refractivity contribution in [1.82, 2.24) is 14.2 Å². The lowest BCUT2D eigenvalue weighted by molar-refractivity contribution is 0.734. The lowest BCUT2D eigenvalue weighted by atomic mass is 10.4. The second kappa shape index (κ2) is 4.11. The van der Waals surface area contributed by atoms with Crippen molar-refractivity contribution in [2.45, 2.75) is 6.54 Å². The van der Waals surface area contributed by atoms with Gasteiger partial charge >= 0.3 is 0 Å². The first-order chi connectivity index (χ1) is 7.16. The molecule has 0 aliphatic heterocycles. The maximum atomic E-state index is 11.5. The summed E-state index contributed by atoms with van der Waals surface area (Å²) in [5.74, 6) is 0. The van der Waals surface area contributed by atoms with Crippen molar-refractivity contribution in [3.05, 3.63) is 38.9 Å². The van der Waals surface area contributed by atoms with Gasteiger partial charge in [0, 0.05) is 28.3 Å². The Morgan fingerprint density at radius 3 is 3.00 bits per heavy atom. The molecule has 0 saturated heterocycles. The Labute approximate surface area is 97.8 Å². The Kier molecular flexibility index (Phi) is 2.83. The third-order valence-electron chi connectivity index (χ3n) is 1.85. The third-order valence-corrected chi connectivity index (χ3v) is 2.92. The van der Waals surface area contributed by atoms with Crippen LogP contribution in [0.1, 0.15) is 5.69 Å². The van der Waals surface area contributed by atoms with E-state index in [1.54, 1.807) is 12.3 Å². The lowest BCUT2D eigenvalue weighted by Crippen LogP contribution is -2.19. The van der Waals surface area contributed by atoms with Crippen molar-refractivity contribution in [3.8, 4) is 0 Å².